The summed E-state index contributed by atoms with van der Waals surface area (Å²) in [5.41, 5.74) is 3.91. The minimum Gasteiger partial charge on any atom is -0.444 e. The predicted octanol–water partition coefficient (Wildman–Crippen LogP) is 4.75. The molecule has 6 rings (SSSR count). The Kier molecular flexibility index (Phi) is 6.35. The van der Waals surface area contributed by atoms with Crippen molar-refractivity contribution in [1.29, 1.82) is 0 Å². The van der Waals surface area contributed by atoms with Crippen LogP contribution in [0.25, 0.3) is 33.3 Å². The van der Waals surface area contributed by atoms with Gasteiger partial charge in [0.1, 0.15) is 5.60 Å². The van der Waals surface area contributed by atoms with Crippen LogP contribution in [0.2, 0.25) is 0 Å². The molecular weight excluding hydrogens is 506 g/mol. The molecule has 10 nitrogen and oxygen atoms in total. The van der Waals surface area contributed by atoms with E-state index < -0.39 is 5.60 Å². The first kappa shape index (κ1) is 26.0. The van der Waals surface area contributed by atoms with Gasteiger partial charge in [0.05, 0.1) is 17.4 Å². The summed E-state index contributed by atoms with van der Waals surface area (Å²) in [6.07, 6.45) is 7.22. The average molecular weight is 542 g/mol. The van der Waals surface area contributed by atoms with Crippen LogP contribution in [0.5, 0.6) is 0 Å². The van der Waals surface area contributed by atoms with Crippen molar-refractivity contribution in [3.63, 3.8) is 0 Å². The minimum atomic E-state index is -0.495. The van der Waals surface area contributed by atoms with Crippen LogP contribution >= 0.6 is 0 Å². The molecule has 2 bridgehead atoms. The Morgan fingerprint density at radius 2 is 1.75 bits per heavy atom. The standard InChI is InChI=1S/C30H35N7O3/c1-30(2,3)40-29(39)37-19-7-8-20(37)15-21(14-19)36(5)26-12-11-25(32-33-26)23-10-9-22(24-16-31-34-28(23)24)18-6-13-27(38)35(4)17-18/h6,9-13,16-17,19-21H,7-8,14-15H2,1-5H3,(H,31,34). The van der Waals surface area contributed by atoms with Crippen molar-refractivity contribution in [3.8, 4) is 22.4 Å². The van der Waals surface area contributed by atoms with Gasteiger partial charge in [-0.1, -0.05) is 6.07 Å². The van der Waals surface area contributed by atoms with Gasteiger partial charge in [0.15, 0.2) is 5.82 Å². The summed E-state index contributed by atoms with van der Waals surface area (Å²) in [4.78, 5) is 28.9. The number of piperidine rings is 1. The van der Waals surface area contributed by atoms with Crippen molar-refractivity contribution in [2.24, 2.45) is 7.05 Å². The highest BCUT2D eigenvalue weighted by atomic mass is 16.6. The summed E-state index contributed by atoms with van der Waals surface area (Å²) >= 11 is 0. The Bertz CT molecular complexity index is 1610. The molecule has 40 heavy (non-hydrogen) atoms. The fourth-order valence-corrected chi connectivity index (χ4v) is 6.18. The lowest BCUT2D eigenvalue weighted by Crippen LogP contribution is -2.53. The molecule has 0 aliphatic carbocycles. The summed E-state index contributed by atoms with van der Waals surface area (Å²) in [6.45, 7) is 5.74. The van der Waals surface area contributed by atoms with Crippen molar-refractivity contribution < 1.29 is 9.53 Å². The second-order valence-electron chi connectivity index (χ2n) is 12.0. The molecule has 3 aromatic heterocycles. The van der Waals surface area contributed by atoms with Crippen LogP contribution in [-0.4, -0.2) is 66.7 Å². The number of aryl methyl sites for hydroxylation is 1. The van der Waals surface area contributed by atoms with Crippen molar-refractivity contribution in [2.75, 3.05) is 11.9 Å². The first-order valence-electron chi connectivity index (χ1n) is 13.8. The summed E-state index contributed by atoms with van der Waals surface area (Å²) in [7, 11) is 3.81. The number of hydrogen-bond donors (Lipinski definition) is 1. The molecule has 0 saturated carbocycles. The van der Waals surface area contributed by atoms with E-state index in [1.807, 2.05) is 62.2 Å². The Morgan fingerprint density at radius 3 is 2.40 bits per heavy atom. The number of aromatic nitrogens is 5. The minimum absolute atomic E-state index is 0.0506. The molecule has 4 aromatic rings. The van der Waals surface area contributed by atoms with E-state index in [-0.39, 0.29) is 29.8 Å². The largest absolute Gasteiger partial charge is 0.444 e. The van der Waals surface area contributed by atoms with Crippen molar-refractivity contribution in [1.82, 2.24) is 29.9 Å². The van der Waals surface area contributed by atoms with Crippen LogP contribution in [0.4, 0.5) is 10.6 Å². The van der Waals surface area contributed by atoms with Crippen LogP contribution in [0.3, 0.4) is 0 Å². The number of pyridine rings is 1. The summed E-state index contributed by atoms with van der Waals surface area (Å²) in [5.74, 6) is 0.807. The van der Waals surface area contributed by atoms with Crippen LogP contribution in [0, 0.1) is 0 Å². The van der Waals surface area contributed by atoms with Gasteiger partial charge in [-0.3, -0.25) is 9.89 Å². The van der Waals surface area contributed by atoms with Gasteiger partial charge in [-0.25, -0.2) is 4.79 Å². The van der Waals surface area contributed by atoms with Crippen LogP contribution in [-0.2, 0) is 11.8 Å². The molecule has 10 heteroatoms. The second-order valence-corrected chi connectivity index (χ2v) is 12.0. The lowest BCUT2D eigenvalue weighted by atomic mass is 9.96. The van der Waals surface area contributed by atoms with Crippen molar-refractivity contribution in [2.45, 2.75) is 70.2 Å². The van der Waals surface area contributed by atoms with Gasteiger partial charge >= 0.3 is 6.09 Å². The van der Waals surface area contributed by atoms with E-state index in [1.54, 1.807) is 23.9 Å². The maximum atomic E-state index is 12.8. The second kappa shape index (κ2) is 9.76. The topological polar surface area (TPSA) is 109 Å². The molecule has 2 fully saturated rings. The number of nitrogens with one attached hydrogen (secondary N) is 1. The number of anilines is 1. The van der Waals surface area contributed by atoms with E-state index in [9.17, 15) is 9.59 Å². The zero-order valence-corrected chi connectivity index (χ0v) is 23.6. The molecule has 1 N–H and O–H groups in total. The Balaban J connectivity index is 1.21. The van der Waals surface area contributed by atoms with Gasteiger partial charge < -0.3 is 19.1 Å². The quantitative estimate of drug-likeness (QED) is 0.397. The van der Waals surface area contributed by atoms with Gasteiger partial charge in [0, 0.05) is 55.4 Å². The molecule has 2 saturated heterocycles. The molecule has 2 aliphatic heterocycles. The van der Waals surface area contributed by atoms with Gasteiger partial charge in [0.25, 0.3) is 0 Å². The Labute approximate surface area is 233 Å². The lowest BCUT2D eigenvalue weighted by Gasteiger charge is -2.42. The molecule has 2 atom stereocenters. The molecule has 208 valence electrons. The summed E-state index contributed by atoms with van der Waals surface area (Å²) in [6, 6.07) is 12.1. The molecule has 0 radical (unpaired) electrons. The zero-order valence-electron chi connectivity index (χ0n) is 23.6. The van der Waals surface area contributed by atoms with Gasteiger partial charge in [-0.2, -0.15) is 5.10 Å². The molecule has 2 aliphatic rings. The third-order valence-corrected chi connectivity index (χ3v) is 8.16. The Hall–Kier alpha value is -4.21. The maximum Gasteiger partial charge on any atom is 0.410 e. The third kappa shape index (κ3) is 4.71. The Morgan fingerprint density at radius 1 is 1.02 bits per heavy atom. The molecule has 5 heterocycles. The first-order valence-corrected chi connectivity index (χ1v) is 13.8. The predicted molar refractivity (Wildman–Crippen MR) is 154 cm³/mol. The number of rotatable bonds is 4. The number of H-pyrrole nitrogens is 1. The van der Waals surface area contributed by atoms with E-state index >= 15 is 0 Å². The number of nitrogens with zero attached hydrogens (tertiary/aromatic N) is 6. The first-order chi connectivity index (χ1) is 19.1. The number of hydrogen-bond acceptors (Lipinski definition) is 7. The smallest absolute Gasteiger partial charge is 0.410 e. The van der Waals surface area contributed by atoms with Crippen LogP contribution < -0.4 is 10.5 Å². The lowest BCUT2D eigenvalue weighted by molar-refractivity contribution is 0.00597. The summed E-state index contributed by atoms with van der Waals surface area (Å²) in [5, 5.41) is 17.5. The van der Waals surface area contributed by atoms with E-state index in [1.165, 1.54) is 0 Å². The van der Waals surface area contributed by atoms with Gasteiger partial charge in [-0.05, 0) is 81.8 Å². The highest BCUT2D eigenvalue weighted by Crippen LogP contribution is 2.39. The van der Waals surface area contributed by atoms with Crippen molar-refractivity contribution in [3.05, 3.63) is 59.1 Å². The van der Waals surface area contributed by atoms with Gasteiger partial charge in [-0.15, -0.1) is 10.2 Å². The zero-order chi connectivity index (χ0) is 28.2. The average Bonchev–Trinajstić information content (AvgIpc) is 3.51. The fourth-order valence-electron chi connectivity index (χ4n) is 6.18. The molecule has 2 unspecified atom stereocenters. The highest BCUT2D eigenvalue weighted by molar-refractivity contribution is 6.01. The van der Waals surface area contributed by atoms with E-state index in [2.05, 4.69) is 32.3 Å². The van der Waals surface area contributed by atoms with Crippen molar-refractivity contribution >= 4 is 22.8 Å². The number of amides is 1. The monoisotopic (exact) mass is 541 g/mol. The molecular formula is C30H35N7O3. The number of ether oxygens (including phenoxy) is 1. The van der Waals surface area contributed by atoms with Gasteiger partial charge in [0.2, 0.25) is 5.56 Å². The SMILES string of the molecule is CN(c1ccc(-c2ccc(-c3ccc(=O)n(C)c3)c3cn[nH]c23)nn1)C1CC2CCC(C1)N2C(=O)OC(C)(C)C. The van der Waals surface area contributed by atoms with E-state index in [0.29, 0.717) is 0 Å². The van der Waals surface area contributed by atoms with E-state index in [0.717, 1.165) is 64.8 Å². The third-order valence-electron chi connectivity index (χ3n) is 8.16. The highest BCUT2D eigenvalue weighted by Gasteiger charge is 2.46. The normalized spacial score (nSPS) is 20.6. The number of fused-ring (bicyclic) bond motifs is 3. The van der Waals surface area contributed by atoms with E-state index in [4.69, 9.17) is 4.74 Å². The summed E-state index contributed by atoms with van der Waals surface area (Å²) < 4.78 is 7.26. The fraction of sp³-hybridized carbons (Fsp3) is 0.433. The number of carbonyl (C=O) groups excluding carboxylic acids is 1. The molecule has 1 aromatic carbocycles. The van der Waals surface area contributed by atoms with Crippen LogP contribution in [0.15, 0.2) is 53.6 Å². The number of aromatic amines is 1. The molecule has 0 spiro atoms. The maximum absolute atomic E-state index is 12.8. The number of benzene rings is 1. The number of carbonyl (C=O) groups is 1. The van der Waals surface area contributed by atoms with Crippen LogP contribution in [0.1, 0.15) is 46.5 Å². The molecule has 1 amide bonds.